The molecule has 1 aromatic heterocycles. The van der Waals surface area contributed by atoms with Crippen LogP contribution in [-0.2, 0) is 0 Å². The number of nitrogens with one attached hydrogen (secondary N) is 1. The van der Waals surface area contributed by atoms with E-state index in [2.05, 4.69) is 10.3 Å². The fraction of sp³-hybridized carbons (Fsp3) is 0.0435. The van der Waals surface area contributed by atoms with Gasteiger partial charge in [-0.25, -0.2) is 4.98 Å². The standard InChI is InChI=1S/C23H16ClF2N3O/c24-18-9-2-1-8-17(18)22(30)27-16-7-5-6-15(14-16)12-13-21-28-19-10-3-4-11-20(19)29(21)23(25)26/h1-14,23H,(H,27,30). The second-order valence-corrected chi connectivity index (χ2v) is 6.91. The van der Waals surface area contributed by atoms with Crippen molar-refractivity contribution in [3.05, 3.63) is 94.8 Å². The SMILES string of the molecule is O=C(Nc1cccc(C=Cc2nc3ccccc3n2C(F)F)c1)c1ccccc1Cl. The maximum absolute atomic E-state index is 13.5. The summed E-state index contributed by atoms with van der Waals surface area (Å²) >= 11 is 6.07. The lowest BCUT2D eigenvalue weighted by atomic mass is 10.1. The first-order valence-corrected chi connectivity index (χ1v) is 9.50. The highest BCUT2D eigenvalue weighted by molar-refractivity contribution is 6.34. The Labute approximate surface area is 176 Å². The number of para-hydroxylation sites is 2. The van der Waals surface area contributed by atoms with Crippen LogP contribution in [0.5, 0.6) is 0 Å². The minimum Gasteiger partial charge on any atom is -0.322 e. The molecule has 1 amide bonds. The van der Waals surface area contributed by atoms with Crippen LogP contribution < -0.4 is 5.32 Å². The molecular weight excluding hydrogens is 408 g/mol. The van der Waals surface area contributed by atoms with Crippen LogP contribution >= 0.6 is 11.6 Å². The van der Waals surface area contributed by atoms with E-state index in [-0.39, 0.29) is 11.7 Å². The third-order valence-electron chi connectivity index (χ3n) is 4.51. The van der Waals surface area contributed by atoms with Crippen LogP contribution in [-0.4, -0.2) is 15.5 Å². The van der Waals surface area contributed by atoms with Crippen molar-refractivity contribution < 1.29 is 13.6 Å². The van der Waals surface area contributed by atoms with E-state index < -0.39 is 6.55 Å². The first-order valence-electron chi connectivity index (χ1n) is 9.12. The van der Waals surface area contributed by atoms with Crippen molar-refractivity contribution in [3.8, 4) is 0 Å². The van der Waals surface area contributed by atoms with Gasteiger partial charge < -0.3 is 5.32 Å². The Hall–Kier alpha value is -3.51. The van der Waals surface area contributed by atoms with Gasteiger partial charge in [-0.2, -0.15) is 8.78 Å². The molecule has 7 heteroatoms. The molecule has 0 spiro atoms. The number of carbonyl (C=O) groups excluding carboxylic acids is 1. The van der Waals surface area contributed by atoms with Crippen molar-refractivity contribution in [3.63, 3.8) is 0 Å². The van der Waals surface area contributed by atoms with Gasteiger partial charge in [0.1, 0.15) is 5.82 Å². The van der Waals surface area contributed by atoms with Crippen molar-refractivity contribution in [2.75, 3.05) is 5.32 Å². The molecule has 30 heavy (non-hydrogen) atoms. The van der Waals surface area contributed by atoms with E-state index in [0.717, 1.165) is 10.1 Å². The summed E-state index contributed by atoms with van der Waals surface area (Å²) < 4.78 is 28.0. The van der Waals surface area contributed by atoms with Crippen LogP contribution in [0.1, 0.15) is 28.3 Å². The summed E-state index contributed by atoms with van der Waals surface area (Å²) in [5, 5.41) is 3.15. The molecule has 4 nitrogen and oxygen atoms in total. The number of benzene rings is 3. The highest BCUT2D eigenvalue weighted by Gasteiger charge is 2.15. The smallest absolute Gasteiger partial charge is 0.320 e. The van der Waals surface area contributed by atoms with E-state index in [1.807, 2.05) is 0 Å². The number of imidazole rings is 1. The van der Waals surface area contributed by atoms with Crippen molar-refractivity contribution in [2.24, 2.45) is 0 Å². The van der Waals surface area contributed by atoms with Gasteiger partial charge in [-0.15, -0.1) is 0 Å². The van der Waals surface area contributed by atoms with E-state index >= 15 is 0 Å². The second-order valence-electron chi connectivity index (χ2n) is 6.50. The summed E-state index contributed by atoms with van der Waals surface area (Å²) in [7, 11) is 0. The lowest BCUT2D eigenvalue weighted by molar-refractivity contribution is 0.0739. The number of hydrogen-bond acceptors (Lipinski definition) is 2. The van der Waals surface area contributed by atoms with E-state index in [9.17, 15) is 13.6 Å². The van der Waals surface area contributed by atoms with Crippen molar-refractivity contribution >= 4 is 46.4 Å². The number of alkyl halides is 2. The first kappa shape index (κ1) is 19.8. The number of carbonyl (C=O) groups is 1. The topological polar surface area (TPSA) is 46.9 Å². The monoisotopic (exact) mass is 423 g/mol. The first-order chi connectivity index (χ1) is 14.5. The Morgan fingerprint density at radius 3 is 2.57 bits per heavy atom. The number of anilines is 1. The molecule has 0 atom stereocenters. The zero-order valence-electron chi connectivity index (χ0n) is 15.6. The van der Waals surface area contributed by atoms with Gasteiger partial charge in [-0.3, -0.25) is 9.36 Å². The van der Waals surface area contributed by atoms with Crippen molar-refractivity contribution in [1.29, 1.82) is 0 Å². The molecule has 0 aliphatic heterocycles. The van der Waals surface area contributed by atoms with Gasteiger partial charge in [0.25, 0.3) is 5.91 Å². The Morgan fingerprint density at radius 1 is 1.00 bits per heavy atom. The number of nitrogens with zero attached hydrogens (tertiary/aromatic N) is 2. The van der Waals surface area contributed by atoms with Gasteiger partial charge in [0, 0.05) is 5.69 Å². The number of aromatic nitrogens is 2. The molecule has 4 aromatic rings. The largest absolute Gasteiger partial charge is 0.322 e. The molecule has 3 aromatic carbocycles. The Bertz CT molecular complexity index is 1250. The number of rotatable bonds is 5. The number of fused-ring (bicyclic) bond motifs is 1. The van der Waals surface area contributed by atoms with Crippen LogP contribution in [0.3, 0.4) is 0 Å². The third kappa shape index (κ3) is 4.09. The van der Waals surface area contributed by atoms with E-state index in [1.165, 1.54) is 6.08 Å². The van der Waals surface area contributed by atoms with Crippen molar-refractivity contribution in [2.45, 2.75) is 6.55 Å². The average molecular weight is 424 g/mol. The number of amides is 1. The summed E-state index contributed by atoms with van der Waals surface area (Å²) in [5.74, 6) is -0.182. The van der Waals surface area contributed by atoms with Gasteiger partial charge in [-0.1, -0.05) is 54.1 Å². The predicted octanol–water partition coefficient (Wildman–Crippen LogP) is 6.51. The van der Waals surface area contributed by atoms with Gasteiger partial charge in [0.15, 0.2) is 0 Å². The highest BCUT2D eigenvalue weighted by Crippen LogP contribution is 2.25. The Kier molecular flexibility index (Phi) is 5.59. The van der Waals surface area contributed by atoms with Crippen LogP contribution in [0.25, 0.3) is 23.2 Å². The quantitative estimate of drug-likeness (QED) is 0.398. The molecule has 0 saturated carbocycles. The lowest BCUT2D eigenvalue weighted by Gasteiger charge is -2.07. The fourth-order valence-electron chi connectivity index (χ4n) is 3.12. The van der Waals surface area contributed by atoms with Gasteiger partial charge in [0.2, 0.25) is 0 Å². The molecule has 0 saturated heterocycles. The normalized spacial score (nSPS) is 11.5. The number of halogens is 3. The summed E-state index contributed by atoms with van der Waals surface area (Å²) in [6.45, 7) is -2.71. The minimum absolute atomic E-state index is 0.150. The molecule has 0 radical (unpaired) electrons. The number of hydrogen-bond donors (Lipinski definition) is 1. The molecule has 150 valence electrons. The zero-order valence-corrected chi connectivity index (χ0v) is 16.4. The van der Waals surface area contributed by atoms with E-state index in [1.54, 1.807) is 78.9 Å². The second kappa shape index (κ2) is 8.47. The van der Waals surface area contributed by atoms with Crippen LogP contribution in [0.4, 0.5) is 14.5 Å². The molecule has 4 rings (SSSR count). The molecule has 0 unspecified atom stereocenters. The summed E-state index contributed by atoms with van der Waals surface area (Å²) in [4.78, 5) is 16.7. The van der Waals surface area contributed by atoms with E-state index in [0.29, 0.717) is 27.3 Å². The average Bonchev–Trinajstić information content (AvgIpc) is 3.11. The third-order valence-corrected chi connectivity index (χ3v) is 4.84. The molecular formula is C23H16ClF2N3O. The van der Waals surface area contributed by atoms with Gasteiger partial charge >= 0.3 is 6.55 Å². The summed E-state index contributed by atoms with van der Waals surface area (Å²) in [6, 6.07) is 20.5. The fourth-order valence-corrected chi connectivity index (χ4v) is 3.34. The molecule has 0 aliphatic carbocycles. The van der Waals surface area contributed by atoms with Crippen LogP contribution in [0, 0.1) is 0 Å². The summed E-state index contributed by atoms with van der Waals surface area (Å²) in [5.41, 5.74) is 2.51. The molecule has 0 fully saturated rings. The lowest BCUT2D eigenvalue weighted by Crippen LogP contribution is -2.12. The van der Waals surface area contributed by atoms with E-state index in [4.69, 9.17) is 11.6 Å². The van der Waals surface area contributed by atoms with Crippen LogP contribution in [0.2, 0.25) is 5.02 Å². The molecule has 0 aliphatic rings. The zero-order chi connectivity index (χ0) is 21.1. The van der Waals surface area contributed by atoms with Crippen molar-refractivity contribution in [1.82, 2.24) is 9.55 Å². The summed E-state index contributed by atoms with van der Waals surface area (Å²) in [6.07, 6.45) is 3.20. The maximum Gasteiger partial charge on any atom is 0.320 e. The predicted molar refractivity (Wildman–Crippen MR) is 116 cm³/mol. The Morgan fingerprint density at radius 2 is 1.77 bits per heavy atom. The Balaban J connectivity index is 1.59. The highest BCUT2D eigenvalue weighted by atomic mass is 35.5. The maximum atomic E-state index is 13.5. The molecule has 1 heterocycles. The van der Waals surface area contributed by atoms with Gasteiger partial charge in [0.05, 0.1) is 21.6 Å². The van der Waals surface area contributed by atoms with Gasteiger partial charge in [-0.05, 0) is 48.0 Å². The van der Waals surface area contributed by atoms with Crippen LogP contribution in [0.15, 0.2) is 72.8 Å². The minimum atomic E-state index is -2.71. The molecule has 0 bridgehead atoms. The molecule has 1 N–H and O–H groups in total.